The normalized spacial score (nSPS) is 10.5. The molecule has 0 unspecified atom stereocenters. The van der Waals surface area contributed by atoms with Gasteiger partial charge in [-0.3, -0.25) is 4.79 Å². The molecule has 0 N–H and O–H groups in total. The van der Waals surface area contributed by atoms with E-state index in [2.05, 4.69) is 17.1 Å². The van der Waals surface area contributed by atoms with Gasteiger partial charge in [-0.2, -0.15) is 10.2 Å². The van der Waals surface area contributed by atoms with Crippen LogP contribution in [-0.2, 0) is 6.42 Å². The first kappa shape index (κ1) is 15.4. The van der Waals surface area contributed by atoms with Crippen LogP contribution in [0.25, 0.3) is 11.3 Å². The Bertz CT molecular complexity index is 827. The summed E-state index contributed by atoms with van der Waals surface area (Å²) in [5.74, 6) is -0.0576. The third-order valence-electron chi connectivity index (χ3n) is 3.68. The molecule has 1 heterocycles. The first-order valence-electron chi connectivity index (χ1n) is 7.39. The van der Waals surface area contributed by atoms with Gasteiger partial charge >= 0.3 is 0 Å². The van der Waals surface area contributed by atoms with Crippen molar-refractivity contribution in [2.24, 2.45) is 0 Å². The molecule has 0 aliphatic carbocycles. The Hall–Kier alpha value is -2.52. The minimum absolute atomic E-state index is 0.0576. The Morgan fingerprint density at radius 1 is 1.00 bits per heavy atom. The van der Waals surface area contributed by atoms with Gasteiger partial charge in [0.2, 0.25) is 0 Å². The zero-order chi connectivity index (χ0) is 16.2. The lowest BCUT2D eigenvalue weighted by Gasteiger charge is -2.05. The van der Waals surface area contributed by atoms with Crippen molar-refractivity contribution < 1.29 is 4.79 Å². The highest BCUT2D eigenvalue weighted by Crippen LogP contribution is 2.21. The van der Waals surface area contributed by atoms with E-state index in [-0.39, 0.29) is 5.78 Å². The van der Waals surface area contributed by atoms with Crippen molar-refractivity contribution >= 4 is 17.4 Å². The van der Waals surface area contributed by atoms with Gasteiger partial charge in [-0.1, -0.05) is 54.9 Å². The lowest BCUT2D eigenvalue weighted by atomic mass is 10.0. The van der Waals surface area contributed by atoms with E-state index in [4.69, 9.17) is 11.6 Å². The summed E-state index contributed by atoms with van der Waals surface area (Å²) >= 11 is 5.90. The Morgan fingerprint density at radius 2 is 1.70 bits per heavy atom. The van der Waals surface area contributed by atoms with Crippen LogP contribution in [0, 0.1) is 0 Å². The summed E-state index contributed by atoms with van der Waals surface area (Å²) < 4.78 is 0. The summed E-state index contributed by atoms with van der Waals surface area (Å²) in [5.41, 5.74) is 3.90. The lowest BCUT2D eigenvalue weighted by Crippen LogP contribution is -2.03. The minimum Gasteiger partial charge on any atom is -0.289 e. The molecule has 3 aromatic rings. The average molecular weight is 323 g/mol. The SMILES string of the molecule is CCc1ccc(C(=O)c2cnnc(-c3ccc(Cl)cc3)c2)cc1. The molecule has 3 rings (SSSR count). The number of aromatic nitrogens is 2. The fourth-order valence-corrected chi connectivity index (χ4v) is 2.44. The second-order valence-corrected chi connectivity index (χ2v) is 5.65. The Labute approximate surface area is 140 Å². The molecule has 23 heavy (non-hydrogen) atoms. The predicted octanol–water partition coefficient (Wildman–Crippen LogP) is 4.59. The summed E-state index contributed by atoms with van der Waals surface area (Å²) in [6.45, 7) is 2.09. The van der Waals surface area contributed by atoms with E-state index in [0.29, 0.717) is 21.8 Å². The van der Waals surface area contributed by atoms with Gasteiger partial charge in [-0.15, -0.1) is 0 Å². The molecule has 0 aliphatic heterocycles. The maximum absolute atomic E-state index is 12.6. The highest BCUT2D eigenvalue weighted by Gasteiger charge is 2.11. The standard InChI is InChI=1S/C19H15ClN2O/c1-2-13-3-5-15(6-4-13)19(23)16-11-18(22-21-12-16)14-7-9-17(20)10-8-14/h3-12H,2H2,1H3. The highest BCUT2D eigenvalue weighted by molar-refractivity contribution is 6.30. The number of benzene rings is 2. The summed E-state index contributed by atoms with van der Waals surface area (Å²) in [6, 6.07) is 16.7. The van der Waals surface area contributed by atoms with Gasteiger partial charge in [-0.25, -0.2) is 0 Å². The fraction of sp³-hybridized carbons (Fsp3) is 0.105. The number of hydrogen-bond donors (Lipinski definition) is 0. The Morgan fingerprint density at radius 3 is 2.35 bits per heavy atom. The van der Waals surface area contributed by atoms with E-state index in [0.717, 1.165) is 12.0 Å². The molecule has 0 radical (unpaired) electrons. The summed E-state index contributed by atoms with van der Waals surface area (Å²) in [7, 11) is 0. The number of carbonyl (C=O) groups is 1. The molecular formula is C19H15ClN2O. The zero-order valence-electron chi connectivity index (χ0n) is 12.7. The van der Waals surface area contributed by atoms with E-state index in [1.807, 2.05) is 36.4 Å². The largest absolute Gasteiger partial charge is 0.289 e. The van der Waals surface area contributed by atoms with Crippen LogP contribution in [-0.4, -0.2) is 16.0 Å². The first-order chi connectivity index (χ1) is 11.2. The van der Waals surface area contributed by atoms with Crippen LogP contribution in [0.15, 0.2) is 60.8 Å². The van der Waals surface area contributed by atoms with Crippen LogP contribution in [0.5, 0.6) is 0 Å². The van der Waals surface area contributed by atoms with Crippen molar-refractivity contribution in [1.29, 1.82) is 0 Å². The molecule has 0 saturated heterocycles. The second kappa shape index (κ2) is 6.71. The molecule has 0 bridgehead atoms. The third-order valence-corrected chi connectivity index (χ3v) is 3.93. The number of carbonyl (C=O) groups excluding carboxylic acids is 1. The van der Waals surface area contributed by atoms with E-state index in [1.54, 1.807) is 18.2 Å². The Balaban J connectivity index is 1.92. The van der Waals surface area contributed by atoms with Crippen molar-refractivity contribution in [3.63, 3.8) is 0 Å². The molecule has 0 aliphatic rings. The van der Waals surface area contributed by atoms with Gasteiger partial charge < -0.3 is 0 Å². The molecule has 4 heteroatoms. The number of ketones is 1. The zero-order valence-corrected chi connectivity index (χ0v) is 13.4. The van der Waals surface area contributed by atoms with Gasteiger partial charge in [0.15, 0.2) is 5.78 Å². The lowest BCUT2D eigenvalue weighted by molar-refractivity contribution is 0.103. The minimum atomic E-state index is -0.0576. The number of aryl methyl sites for hydroxylation is 1. The van der Waals surface area contributed by atoms with Gasteiger partial charge in [0.05, 0.1) is 11.9 Å². The molecular weight excluding hydrogens is 308 g/mol. The van der Waals surface area contributed by atoms with Crippen molar-refractivity contribution in [3.05, 3.63) is 82.5 Å². The van der Waals surface area contributed by atoms with Crippen molar-refractivity contribution in [2.75, 3.05) is 0 Å². The van der Waals surface area contributed by atoms with Crippen LogP contribution >= 0.6 is 11.6 Å². The smallest absolute Gasteiger partial charge is 0.194 e. The van der Waals surface area contributed by atoms with Crippen LogP contribution in [0.1, 0.15) is 28.4 Å². The third kappa shape index (κ3) is 3.46. The molecule has 114 valence electrons. The van der Waals surface area contributed by atoms with E-state index in [1.165, 1.54) is 11.8 Å². The number of hydrogen-bond acceptors (Lipinski definition) is 3. The topological polar surface area (TPSA) is 42.9 Å². The highest BCUT2D eigenvalue weighted by atomic mass is 35.5. The summed E-state index contributed by atoms with van der Waals surface area (Å²) in [4.78, 5) is 12.6. The molecule has 2 aromatic carbocycles. The molecule has 0 amide bonds. The van der Waals surface area contributed by atoms with E-state index in [9.17, 15) is 4.79 Å². The maximum Gasteiger partial charge on any atom is 0.194 e. The van der Waals surface area contributed by atoms with E-state index < -0.39 is 0 Å². The number of halogens is 1. The Kier molecular flexibility index (Phi) is 4.49. The predicted molar refractivity (Wildman–Crippen MR) is 91.7 cm³/mol. The number of rotatable bonds is 4. The van der Waals surface area contributed by atoms with Crippen molar-refractivity contribution in [1.82, 2.24) is 10.2 Å². The molecule has 3 nitrogen and oxygen atoms in total. The summed E-state index contributed by atoms with van der Waals surface area (Å²) in [5, 5.41) is 8.71. The molecule has 0 saturated carbocycles. The van der Waals surface area contributed by atoms with E-state index >= 15 is 0 Å². The van der Waals surface area contributed by atoms with Crippen LogP contribution in [0.4, 0.5) is 0 Å². The molecule has 0 fully saturated rings. The van der Waals surface area contributed by atoms with Gasteiger partial charge in [0.25, 0.3) is 0 Å². The van der Waals surface area contributed by atoms with Gasteiger partial charge in [0, 0.05) is 21.7 Å². The molecule has 0 spiro atoms. The van der Waals surface area contributed by atoms with Crippen molar-refractivity contribution in [2.45, 2.75) is 13.3 Å². The van der Waals surface area contributed by atoms with Gasteiger partial charge in [0.1, 0.15) is 0 Å². The van der Waals surface area contributed by atoms with Crippen LogP contribution in [0.3, 0.4) is 0 Å². The average Bonchev–Trinajstić information content (AvgIpc) is 2.62. The monoisotopic (exact) mass is 322 g/mol. The summed E-state index contributed by atoms with van der Waals surface area (Å²) in [6.07, 6.45) is 2.45. The first-order valence-corrected chi connectivity index (χ1v) is 7.77. The quantitative estimate of drug-likeness (QED) is 0.660. The van der Waals surface area contributed by atoms with Crippen molar-refractivity contribution in [3.8, 4) is 11.3 Å². The number of nitrogens with zero attached hydrogens (tertiary/aromatic N) is 2. The second-order valence-electron chi connectivity index (χ2n) is 5.22. The van der Waals surface area contributed by atoms with Gasteiger partial charge in [-0.05, 0) is 30.2 Å². The molecule has 1 aromatic heterocycles. The van der Waals surface area contributed by atoms with Crippen LogP contribution < -0.4 is 0 Å². The molecule has 0 atom stereocenters. The maximum atomic E-state index is 12.6. The van der Waals surface area contributed by atoms with Crippen LogP contribution in [0.2, 0.25) is 5.02 Å². The fourth-order valence-electron chi connectivity index (χ4n) is 2.31.